The van der Waals surface area contributed by atoms with Crippen molar-refractivity contribution < 1.29 is 4.79 Å². The topological polar surface area (TPSA) is 91.0 Å². The lowest BCUT2D eigenvalue weighted by Crippen LogP contribution is -2.19. The monoisotopic (exact) mass is 410 g/mol. The molecular weight excluding hydrogens is 388 g/mol. The van der Waals surface area contributed by atoms with Crippen molar-refractivity contribution in [1.82, 2.24) is 9.97 Å². The fourth-order valence-electron chi connectivity index (χ4n) is 2.62. The minimum atomic E-state index is -0.340. The fourth-order valence-corrected chi connectivity index (χ4v) is 2.80. The molecule has 0 atom stereocenters. The molecule has 3 aromatic rings. The molecule has 2 aromatic carbocycles. The summed E-state index contributed by atoms with van der Waals surface area (Å²) in [6.45, 7) is 6.57. The van der Waals surface area contributed by atoms with Gasteiger partial charge in [0, 0.05) is 40.4 Å². The standard InChI is InChI=1S/C21H23ClN6O/c1-4-23-20-24-14(3)11-19(28-20)25-15-7-9-16(10-8-15)26-21(29)27-17-6-5-13(2)18(22)12-17/h5-12H,4H2,1-3H3,(H2,26,27,29)(H2,23,24,25,28). The van der Waals surface area contributed by atoms with E-state index in [9.17, 15) is 4.79 Å². The molecule has 1 aromatic heterocycles. The molecule has 0 bridgehead atoms. The fraction of sp³-hybridized carbons (Fsp3) is 0.190. The van der Waals surface area contributed by atoms with Crippen LogP contribution in [-0.2, 0) is 0 Å². The summed E-state index contributed by atoms with van der Waals surface area (Å²) in [7, 11) is 0. The molecule has 0 fully saturated rings. The first-order valence-corrected chi connectivity index (χ1v) is 9.61. The maximum Gasteiger partial charge on any atom is 0.323 e. The molecule has 8 heteroatoms. The second kappa shape index (κ2) is 9.25. The Morgan fingerprint density at radius 2 is 1.59 bits per heavy atom. The molecular formula is C21H23ClN6O. The van der Waals surface area contributed by atoms with Crippen molar-refractivity contribution in [3.05, 3.63) is 64.8 Å². The molecule has 3 rings (SSSR count). The van der Waals surface area contributed by atoms with Gasteiger partial charge in [-0.25, -0.2) is 9.78 Å². The van der Waals surface area contributed by atoms with Crippen LogP contribution in [0.4, 0.5) is 33.6 Å². The number of anilines is 5. The number of nitrogens with zero attached hydrogens (tertiary/aromatic N) is 2. The smallest absolute Gasteiger partial charge is 0.323 e. The van der Waals surface area contributed by atoms with Crippen molar-refractivity contribution in [2.24, 2.45) is 0 Å². The van der Waals surface area contributed by atoms with E-state index in [2.05, 4.69) is 31.2 Å². The van der Waals surface area contributed by atoms with E-state index in [1.54, 1.807) is 12.1 Å². The predicted molar refractivity (Wildman–Crippen MR) is 119 cm³/mol. The number of urea groups is 1. The number of amides is 2. The average molecular weight is 411 g/mol. The number of halogens is 1. The zero-order chi connectivity index (χ0) is 20.8. The van der Waals surface area contributed by atoms with Crippen LogP contribution >= 0.6 is 11.6 Å². The van der Waals surface area contributed by atoms with Gasteiger partial charge in [0.05, 0.1) is 0 Å². The van der Waals surface area contributed by atoms with Crippen molar-refractivity contribution >= 4 is 46.5 Å². The van der Waals surface area contributed by atoms with Gasteiger partial charge in [-0.3, -0.25) is 0 Å². The molecule has 1 heterocycles. The summed E-state index contributed by atoms with van der Waals surface area (Å²) in [6.07, 6.45) is 0. The Morgan fingerprint density at radius 3 is 2.28 bits per heavy atom. The minimum Gasteiger partial charge on any atom is -0.354 e. The summed E-state index contributed by atoms with van der Waals surface area (Å²) < 4.78 is 0. The van der Waals surface area contributed by atoms with Crippen LogP contribution in [0.25, 0.3) is 0 Å². The van der Waals surface area contributed by atoms with Crippen LogP contribution in [0.3, 0.4) is 0 Å². The highest BCUT2D eigenvalue weighted by Gasteiger charge is 2.06. The third-order valence-corrected chi connectivity index (χ3v) is 4.44. The van der Waals surface area contributed by atoms with Gasteiger partial charge in [-0.05, 0) is 62.7 Å². The number of hydrogen-bond acceptors (Lipinski definition) is 5. The van der Waals surface area contributed by atoms with E-state index in [4.69, 9.17) is 11.6 Å². The number of carbonyl (C=O) groups excluding carboxylic acids is 1. The second-order valence-electron chi connectivity index (χ2n) is 6.49. The van der Waals surface area contributed by atoms with Gasteiger partial charge in [-0.15, -0.1) is 0 Å². The van der Waals surface area contributed by atoms with Gasteiger partial charge in [-0.2, -0.15) is 4.98 Å². The van der Waals surface area contributed by atoms with E-state index >= 15 is 0 Å². The number of nitrogens with one attached hydrogen (secondary N) is 4. The molecule has 0 aliphatic carbocycles. The van der Waals surface area contributed by atoms with Gasteiger partial charge in [-0.1, -0.05) is 17.7 Å². The summed E-state index contributed by atoms with van der Waals surface area (Å²) in [4.78, 5) is 20.9. The zero-order valence-electron chi connectivity index (χ0n) is 16.5. The number of benzene rings is 2. The van der Waals surface area contributed by atoms with Crippen LogP contribution < -0.4 is 21.3 Å². The molecule has 2 amide bonds. The highest BCUT2D eigenvalue weighted by atomic mass is 35.5. The molecule has 0 spiro atoms. The molecule has 0 radical (unpaired) electrons. The lowest BCUT2D eigenvalue weighted by atomic mass is 10.2. The number of aryl methyl sites for hydroxylation is 2. The SMILES string of the molecule is CCNc1nc(C)cc(Nc2ccc(NC(=O)Nc3ccc(C)c(Cl)c3)cc2)n1. The van der Waals surface area contributed by atoms with Crippen LogP contribution in [0, 0.1) is 13.8 Å². The molecule has 150 valence electrons. The van der Waals surface area contributed by atoms with Gasteiger partial charge < -0.3 is 21.3 Å². The molecule has 0 saturated carbocycles. The van der Waals surface area contributed by atoms with Crippen molar-refractivity contribution in [2.75, 3.05) is 27.8 Å². The Balaban J connectivity index is 1.61. The largest absolute Gasteiger partial charge is 0.354 e. The number of carbonyl (C=O) groups is 1. The van der Waals surface area contributed by atoms with E-state index < -0.39 is 0 Å². The van der Waals surface area contributed by atoms with E-state index in [1.807, 2.05) is 57.2 Å². The average Bonchev–Trinajstić information content (AvgIpc) is 2.66. The third-order valence-electron chi connectivity index (χ3n) is 4.03. The summed E-state index contributed by atoms with van der Waals surface area (Å²) in [5.74, 6) is 1.28. The first-order chi connectivity index (χ1) is 13.9. The Hall–Kier alpha value is -3.32. The van der Waals surface area contributed by atoms with Gasteiger partial charge in [0.15, 0.2) is 0 Å². The first-order valence-electron chi connectivity index (χ1n) is 9.23. The Bertz CT molecular complexity index is 1010. The third kappa shape index (κ3) is 5.83. The first kappa shape index (κ1) is 20.4. The lowest BCUT2D eigenvalue weighted by molar-refractivity contribution is 0.262. The summed E-state index contributed by atoms with van der Waals surface area (Å²) in [6, 6.07) is 14.3. The van der Waals surface area contributed by atoms with E-state index in [0.29, 0.717) is 28.2 Å². The van der Waals surface area contributed by atoms with E-state index in [1.165, 1.54) is 0 Å². The minimum absolute atomic E-state index is 0.340. The highest BCUT2D eigenvalue weighted by Crippen LogP contribution is 2.21. The maximum atomic E-state index is 12.2. The van der Waals surface area contributed by atoms with Crippen molar-refractivity contribution in [3.8, 4) is 0 Å². The quantitative estimate of drug-likeness (QED) is 0.426. The van der Waals surface area contributed by atoms with Crippen molar-refractivity contribution in [2.45, 2.75) is 20.8 Å². The highest BCUT2D eigenvalue weighted by molar-refractivity contribution is 6.31. The molecule has 0 saturated heterocycles. The lowest BCUT2D eigenvalue weighted by Gasteiger charge is -2.11. The Labute approximate surface area is 174 Å². The van der Waals surface area contributed by atoms with Crippen molar-refractivity contribution in [3.63, 3.8) is 0 Å². The molecule has 4 N–H and O–H groups in total. The van der Waals surface area contributed by atoms with Gasteiger partial charge >= 0.3 is 6.03 Å². The number of hydrogen-bond donors (Lipinski definition) is 4. The van der Waals surface area contributed by atoms with Crippen molar-refractivity contribution in [1.29, 1.82) is 0 Å². The Morgan fingerprint density at radius 1 is 0.931 bits per heavy atom. The zero-order valence-corrected chi connectivity index (χ0v) is 17.3. The van der Waals surface area contributed by atoms with Gasteiger partial charge in [0.2, 0.25) is 5.95 Å². The Kier molecular flexibility index (Phi) is 6.51. The van der Waals surface area contributed by atoms with Crippen LogP contribution in [0.5, 0.6) is 0 Å². The molecule has 0 unspecified atom stereocenters. The second-order valence-corrected chi connectivity index (χ2v) is 6.90. The molecule has 0 aliphatic heterocycles. The summed E-state index contributed by atoms with van der Waals surface area (Å²) >= 11 is 6.09. The molecule has 29 heavy (non-hydrogen) atoms. The summed E-state index contributed by atoms with van der Waals surface area (Å²) in [5, 5.41) is 12.5. The maximum absolute atomic E-state index is 12.2. The molecule has 7 nitrogen and oxygen atoms in total. The normalized spacial score (nSPS) is 10.3. The number of aromatic nitrogens is 2. The van der Waals surface area contributed by atoms with E-state index in [0.717, 1.165) is 23.5 Å². The molecule has 0 aliphatic rings. The van der Waals surface area contributed by atoms with Gasteiger partial charge in [0.1, 0.15) is 5.82 Å². The van der Waals surface area contributed by atoms with Crippen LogP contribution in [0.15, 0.2) is 48.5 Å². The van der Waals surface area contributed by atoms with Crippen LogP contribution in [0.2, 0.25) is 5.02 Å². The predicted octanol–water partition coefficient (Wildman–Crippen LogP) is 5.57. The van der Waals surface area contributed by atoms with Crippen LogP contribution in [-0.4, -0.2) is 22.5 Å². The van der Waals surface area contributed by atoms with Gasteiger partial charge in [0.25, 0.3) is 0 Å². The number of rotatable bonds is 6. The summed E-state index contributed by atoms with van der Waals surface area (Å²) in [5.41, 5.74) is 3.97. The van der Waals surface area contributed by atoms with Crippen LogP contribution in [0.1, 0.15) is 18.2 Å². The van der Waals surface area contributed by atoms with E-state index in [-0.39, 0.29) is 6.03 Å².